The molecule has 1 saturated heterocycles. The van der Waals surface area contributed by atoms with E-state index in [0.717, 1.165) is 0 Å². The van der Waals surface area contributed by atoms with Gasteiger partial charge in [0.1, 0.15) is 17.3 Å². The minimum atomic E-state index is -1.11. The Hall–Kier alpha value is -5.12. The number of ether oxygens (including phenoxy) is 2. The van der Waals surface area contributed by atoms with Crippen molar-refractivity contribution in [2.45, 2.75) is 26.0 Å². The van der Waals surface area contributed by atoms with Crippen molar-refractivity contribution in [2.24, 2.45) is 0 Å². The second-order valence-electron chi connectivity index (χ2n) is 9.23. The molecule has 1 aliphatic rings. The number of carboxylic acid groups (broad SMARTS) is 1. The first-order valence-corrected chi connectivity index (χ1v) is 12.1. The van der Waals surface area contributed by atoms with Gasteiger partial charge in [-0.3, -0.25) is 14.5 Å². The lowest BCUT2D eigenvalue weighted by Crippen LogP contribution is -2.30. The molecule has 1 unspecified atom stereocenters. The minimum Gasteiger partial charge on any atom is -0.507 e. The van der Waals surface area contributed by atoms with Gasteiger partial charge in [0, 0.05) is 5.56 Å². The van der Waals surface area contributed by atoms with E-state index >= 15 is 0 Å². The third-order valence-electron chi connectivity index (χ3n) is 6.32. The summed E-state index contributed by atoms with van der Waals surface area (Å²) in [4.78, 5) is 46.8. The van der Waals surface area contributed by atoms with Gasteiger partial charge in [-0.1, -0.05) is 12.1 Å². The van der Waals surface area contributed by atoms with E-state index in [2.05, 4.69) is 9.97 Å². The van der Waals surface area contributed by atoms with Crippen LogP contribution in [-0.4, -0.2) is 51.1 Å². The fourth-order valence-electron chi connectivity index (χ4n) is 4.51. The largest absolute Gasteiger partial charge is 0.507 e. The fraction of sp³-hybridized carbons (Fsp3) is 0.172. The van der Waals surface area contributed by atoms with Gasteiger partial charge in [0.15, 0.2) is 0 Å². The molecule has 2 heterocycles. The van der Waals surface area contributed by atoms with Gasteiger partial charge in [0.05, 0.1) is 41.4 Å². The summed E-state index contributed by atoms with van der Waals surface area (Å²) in [7, 11) is 1.52. The Morgan fingerprint density at radius 1 is 0.949 bits per heavy atom. The molecule has 1 amide bonds. The number of fused-ring (bicyclic) bond motifs is 1. The quantitative estimate of drug-likeness (QED) is 0.179. The number of carboxylic acids is 1. The smallest absolute Gasteiger partial charge is 0.335 e. The number of hydrogen-bond acceptors (Lipinski definition) is 7. The maximum absolute atomic E-state index is 13.4. The summed E-state index contributed by atoms with van der Waals surface area (Å²) in [5.41, 5.74) is 1.57. The molecule has 0 spiro atoms. The number of amides is 1. The number of nitrogens with zero attached hydrogens (tertiary/aromatic N) is 2. The van der Waals surface area contributed by atoms with E-state index in [-0.39, 0.29) is 28.9 Å². The summed E-state index contributed by atoms with van der Waals surface area (Å²) in [6.07, 6.45) is -0.0415. The molecule has 10 nitrogen and oxygen atoms in total. The van der Waals surface area contributed by atoms with Crippen molar-refractivity contribution in [1.29, 1.82) is 0 Å². The number of hydrogen-bond donors (Lipinski definition) is 3. The normalized spacial score (nSPS) is 16.7. The number of aliphatic hydroxyl groups excluding tert-OH is 1. The molecule has 0 aliphatic carbocycles. The van der Waals surface area contributed by atoms with E-state index < -0.39 is 23.7 Å². The highest BCUT2D eigenvalue weighted by Crippen LogP contribution is 2.42. The molecule has 3 N–H and O–H groups in total. The number of carbonyl (C=O) groups excluding carboxylic acids is 2. The standard InChI is InChI=1S/C29H25N3O7/c1-15(2)39-20-11-6-17(7-12-20)25(33)23-24(16-4-9-19(38-3)10-5-16)32(27(35)26(23)34)29-30-21-13-8-18(28(36)37)14-22(21)31-29/h4-15,24,33H,1-3H3,(H,30,31)(H,36,37)/b25-23+. The third kappa shape index (κ3) is 4.68. The number of aromatic amines is 1. The summed E-state index contributed by atoms with van der Waals surface area (Å²) < 4.78 is 10.9. The number of benzene rings is 3. The van der Waals surface area contributed by atoms with Gasteiger partial charge in [-0.05, 0) is 74.0 Å². The van der Waals surface area contributed by atoms with Gasteiger partial charge in [-0.25, -0.2) is 9.78 Å². The van der Waals surface area contributed by atoms with Crippen LogP contribution in [0.4, 0.5) is 5.95 Å². The first-order chi connectivity index (χ1) is 18.7. The lowest BCUT2D eigenvalue weighted by molar-refractivity contribution is -0.132. The molecule has 39 heavy (non-hydrogen) atoms. The Morgan fingerprint density at radius 3 is 2.21 bits per heavy atom. The maximum Gasteiger partial charge on any atom is 0.335 e. The van der Waals surface area contributed by atoms with Crippen LogP contribution in [0.15, 0.2) is 72.3 Å². The van der Waals surface area contributed by atoms with Gasteiger partial charge in [0.2, 0.25) is 5.95 Å². The van der Waals surface area contributed by atoms with Gasteiger partial charge in [-0.15, -0.1) is 0 Å². The number of anilines is 1. The zero-order chi connectivity index (χ0) is 27.8. The second kappa shape index (κ2) is 9.97. The van der Waals surface area contributed by atoms with Crippen LogP contribution in [0.25, 0.3) is 16.8 Å². The average Bonchev–Trinajstić information content (AvgIpc) is 3.46. The summed E-state index contributed by atoms with van der Waals surface area (Å²) in [5, 5.41) is 20.7. The Labute approximate surface area is 223 Å². The van der Waals surface area contributed by atoms with E-state index in [1.807, 2.05) is 13.8 Å². The lowest BCUT2D eigenvalue weighted by atomic mass is 9.95. The van der Waals surface area contributed by atoms with E-state index in [1.54, 1.807) is 48.5 Å². The zero-order valence-corrected chi connectivity index (χ0v) is 21.3. The molecule has 3 aromatic carbocycles. The van der Waals surface area contributed by atoms with Crippen LogP contribution in [0.2, 0.25) is 0 Å². The summed E-state index contributed by atoms with van der Waals surface area (Å²) >= 11 is 0. The van der Waals surface area contributed by atoms with Crippen molar-refractivity contribution < 1.29 is 34.1 Å². The van der Waals surface area contributed by atoms with Crippen LogP contribution in [0.3, 0.4) is 0 Å². The first-order valence-electron chi connectivity index (χ1n) is 12.1. The number of nitrogens with one attached hydrogen (secondary N) is 1. The molecule has 1 aromatic heterocycles. The van der Waals surface area contributed by atoms with Gasteiger partial charge >= 0.3 is 11.9 Å². The highest BCUT2D eigenvalue weighted by atomic mass is 16.5. The molecule has 0 radical (unpaired) electrons. The number of methoxy groups -OCH3 is 1. The third-order valence-corrected chi connectivity index (χ3v) is 6.32. The highest BCUT2D eigenvalue weighted by Gasteiger charge is 2.48. The molecule has 4 aromatic rings. The van der Waals surface area contributed by atoms with Gasteiger partial charge in [-0.2, -0.15) is 0 Å². The van der Waals surface area contributed by atoms with E-state index in [0.29, 0.717) is 33.7 Å². The second-order valence-corrected chi connectivity index (χ2v) is 9.23. The number of aromatic carboxylic acids is 1. The number of Topliss-reactive ketones (excluding diaryl/α,β-unsaturated/α-hetero) is 1. The van der Waals surface area contributed by atoms with Gasteiger partial charge < -0.3 is 24.7 Å². The number of imidazole rings is 1. The van der Waals surface area contributed by atoms with Crippen molar-refractivity contribution in [3.05, 3.63) is 89.0 Å². The predicted octanol–water partition coefficient (Wildman–Crippen LogP) is 4.68. The molecular formula is C29H25N3O7. The van der Waals surface area contributed by atoms with Crippen molar-refractivity contribution >= 4 is 40.4 Å². The molecule has 0 bridgehead atoms. The van der Waals surface area contributed by atoms with Crippen LogP contribution in [-0.2, 0) is 9.59 Å². The van der Waals surface area contributed by atoms with Crippen molar-refractivity contribution in [2.75, 3.05) is 12.0 Å². The lowest BCUT2D eigenvalue weighted by Gasteiger charge is -2.23. The van der Waals surface area contributed by atoms with Crippen LogP contribution >= 0.6 is 0 Å². The predicted molar refractivity (Wildman–Crippen MR) is 143 cm³/mol. The summed E-state index contributed by atoms with van der Waals surface area (Å²) in [5.74, 6) is -2.04. The highest BCUT2D eigenvalue weighted by molar-refractivity contribution is 6.51. The number of carbonyl (C=O) groups is 3. The molecule has 1 aliphatic heterocycles. The average molecular weight is 528 g/mol. The number of aliphatic hydroxyl groups is 1. The topological polar surface area (TPSA) is 142 Å². The first kappa shape index (κ1) is 25.5. The van der Waals surface area contributed by atoms with Crippen LogP contribution in [0.5, 0.6) is 11.5 Å². The van der Waals surface area contributed by atoms with Crippen LogP contribution in [0.1, 0.15) is 41.4 Å². The fourth-order valence-corrected chi connectivity index (χ4v) is 4.51. The monoisotopic (exact) mass is 527 g/mol. The minimum absolute atomic E-state index is 0.0372. The maximum atomic E-state index is 13.4. The molecular weight excluding hydrogens is 502 g/mol. The number of H-pyrrole nitrogens is 1. The Kier molecular flexibility index (Phi) is 6.53. The Bertz CT molecular complexity index is 1620. The number of rotatable bonds is 7. The molecule has 0 saturated carbocycles. The van der Waals surface area contributed by atoms with Crippen molar-refractivity contribution in [1.82, 2.24) is 9.97 Å². The van der Waals surface area contributed by atoms with Crippen molar-refractivity contribution in [3.63, 3.8) is 0 Å². The SMILES string of the molecule is COc1ccc(C2/C(=C(\O)c3ccc(OC(C)C)cc3)C(=O)C(=O)N2c2nc3ccc(C(=O)O)cc3[nH]2)cc1. The van der Waals surface area contributed by atoms with Crippen molar-refractivity contribution in [3.8, 4) is 11.5 Å². The van der Waals surface area contributed by atoms with E-state index in [4.69, 9.17) is 9.47 Å². The molecule has 1 fully saturated rings. The molecule has 198 valence electrons. The van der Waals surface area contributed by atoms with Gasteiger partial charge in [0.25, 0.3) is 5.78 Å². The molecule has 10 heteroatoms. The molecule has 5 rings (SSSR count). The Balaban J connectivity index is 1.65. The van der Waals surface area contributed by atoms with E-state index in [1.165, 1.54) is 30.2 Å². The number of ketones is 1. The summed E-state index contributed by atoms with van der Waals surface area (Å²) in [6, 6.07) is 16.6. The van der Waals surface area contributed by atoms with Crippen LogP contribution in [0, 0.1) is 0 Å². The Morgan fingerprint density at radius 2 is 1.59 bits per heavy atom. The zero-order valence-electron chi connectivity index (χ0n) is 21.3. The summed E-state index contributed by atoms with van der Waals surface area (Å²) in [6.45, 7) is 3.79. The van der Waals surface area contributed by atoms with Crippen LogP contribution < -0.4 is 14.4 Å². The number of aromatic nitrogens is 2. The molecule has 1 atom stereocenters. The van der Waals surface area contributed by atoms with E-state index in [9.17, 15) is 24.6 Å².